The Morgan fingerprint density at radius 3 is 2.33 bits per heavy atom. The quantitative estimate of drug-likeness (QED) is 0.572. The van der Waals surface area contributed by atoms with Crippen molar-refractivity contribution in [3.8, 4) is 0 Å². The Balaban J connectivity index is 2.81. The number of carbonyl (C=O) groups is 2. The van der Waals surface area contributed by atoms with E-state index in [1.807, 2.05) is 6.92 Å². The molecule has 0 spiro atoms. The van der Waals surface area contributed by atoms with Gasteiger partial charge in [-0.15, -0.1) is 0 Å². The molecule has 1 fully saturated rings. The summed E-state index contributed by atoms with van der Waals surface area (Å²) in [6, 6.07) is 0. The van der Waals surface area contributed by atoms with Crippen LogP contribution in [0.15, 0.2) is 0 Å². The molecule has 0 amide bonds. The van der Waals surface area contributed by atoms with Crippen LogP contribution in [-0.2, 0) is 14.3 Å². The van der Waals surface area contributed by atoms with Crippen molar-refractivity contribution in [2.45, 2.75) is 39.5 Å². The maximum atomic E-state index is 11.6. The van der Waals surface area contributed by atoms with Crippen LogP contribution in [0.3, 0.4) is 0 Å². The van der Waals surface area contributed by atoms with E-state index in [-0.39, 0.29) is 6.61 Å². The fraction of sp³-hybridized carbons (Fsp3) is 0.818. The number of rotatable bonds is 4. The number of carboxylic acid groups (broad SMARTS) is 1. The monoisotopic (exact) mass is 214 g/mol. The summed E-state index contributed by atoms with van der Waals surface area (Å²) in [6.45, 7) is 3.79. The molecule has 0 aromatic rings. The summed E-state index contributed by atoms with van der Waals surface area (Å²) < 4.78 is 4.82. The Morgan fingerprint density at radius 2 is 1.93 bits per heavy atom. The summed E-state index contributed by atoms with van der Waals surface area (Å²) in [6.07, 6.45) is 3.59. The van der Waals surface area contributed by atoms with E-state index in [4.69, 9.17) is 9.84 Å². The molecule has 0 saturated heterocycles. The van der Waals surface area contributed by atoms with E-state index in [9.17, 15) is 9.59 Å². The number of carbonyl (C=O) groups excluding carboxylic acids is 1. The summed E-state index contributed by atoms with van der Waals surface area (Å²) >= 11 is 0. The third-order valence-corrected chi connectivity index (χ3v) is 3.21. The van der Waals surface area contributed by atoms with E-state index in [1.54, 1.807) is 6.92 Å². The largest absolute Gasteiger partial charge is 0.481 e. The van der Waals surface area contributed by atoms with Gasteiger partial charge in [0.15, 0.2) is 5.92 Å². The summed E-state index contributed by atoms with van der Waals surface area (Å²) in [5.74, 6) is -2.65. The highest BCUT2D eigenvalue weighted by molar-refractivity contribution is 5.94. The predicted octanol–water partition coefficient (Wildman–Crippen LogP) is 1.83. The molecule has 1 saturated carbocycles. The second kappa shape index (κ2) is 4.64. The van der Waals surface area contributed by atoms with Crippen LogP contribution in [0, 0.1) is 11.3 Å². The number of hydrogen-bond donors (Lipinski definition) is 1. The minimum atomic E-state index is -1.06. The molecule has 0 aliphatic heterocycles. The standard InChI is InChI=1S/C11H18O4/c1-3-15-10(14)8(9(12)13)11(2)6-4-5-7-11/h8H,3-7H2,1-2H3,(H,12,13). The van der Waals surface area contributed by atoms with E-state index in [0.717, 1.165) is 25.7 Å². The summed E-state index contributed by atoms with van der Waals surface area (Å²) in [5.41, 5.74) is -0.419. The van der Waals surface area contributed by atoms with E-state index >= 15 is 0 Å². The predicted molar refractivity (Wildman–Crippen MR) is 54.3 cm³/mol. The number of carboxylic acids is 1. The molecular weight excluding hydrogens is 196 g/mol. The van der Waals surface area contributed by atoms with Crippen LogP contribution in [0.5, 0.6) is 0 Å². The number of aliphatic carboxylic acids is 1. The lowest BCUT2D eigenvalue weighted by Crippen LogP contribution is -2.38. The maximum Gasteiger partial charge on any atom is 0.320 e. The second-order valence-electron chi connectivity index (χ2n) is 4.38. The molecule has 0 aromatic heterocycles. The van der Waals surface area contributed by atoms with Crippen LogP contribution in [0.2, 0.25) is 0 Å². The Bertz CT molecular complexity index is 253. The van der Waals surface area contributed by atoms with Gasteiger partial charge in [0.1, 0.15) is 0 Å². The zero-order chi connectivity index (χ0) is 11.5. The van der Waals surface area contributed by atoms with Crippen LogP contribution in [0.25, 0.3) is 0 Å². The van der Waals surface area contributed by atoms with Gasteiger partial charge in [-0.05, 0) is 25.2 Å². The fourth-order valence-corrected chi connectivity index (χ4v) is 2.38. The van der Waals surface area contributed by atoms with Gasteiger partial charge in [0.25, 0.3) is 0 Å². The lowest BCUT2D eigenvalue weighted by atomic mass is 9.75. The topological polar surface area (TPSA) is 63.6 Å². The van der Waals surface area contributed by atoms with E-state index in [1.165, 1.54) is 0 Å². The van der Waals surface area contributed by atoms with E-state index < -0.39 is 23.3 Å². The third-order valence-electron chi connectivity index (χ3n) is 3.21. The molecule has 15 heavy (non-hydrogen) atoms. The smallest absolute Gasteiger partial charge is 0.320 e. The summed E-state index contributed by atoms with van der Waals surface area (Å²) in [4.78, 5) is 22.7. The maximum absolute atomic E-state index is 11.6. The van der Waals surface area contributed by atoms with Gasteiger partial charge in [-0.3, -0.25) is 9.59 Å². The highest BCUT2D eigenvalue weighted by Crippen LogP contribution is 2.44. The van der Waals surface area contributed by atoms with E-state index in [0.29, 0.717) is 0 Å². The lowest BCUT2D eigenvalue weighted by Gasteiger charge is -2.28. The minimum absolute atomic E-state index is 0.235. The van der Waals surface area contributed by atoms with Gasteiger partial charge in [-0.2, -0.15) is 0 Å². The second-order valence-corrected chi connectivity index (χ2v) is 4.38. The number of ether oxygens (including phenoxy) is 1. The average molecular weight is 214 g/mol. The van der Waals surface area contributed by atoms with Gasteiger partial charge in [0.05, 0.1) is 6.61 Å². The zero-order valence-corrected chi connectivity index (χ0v) is 9.28. The van der Waals surface area contributed by atoms with Crippen LogP contribution in [0.4, 0.5) is 0 Å². The van der Waals surface area contributed by atoms with Crippen molar-refractivity contribution < 1.29 is 19.4 Å². The highest BCUT2D eigenvalue weighted by Gasteiger charge is 2.46. The highest BCUT2D eigenvalue weighted by atomic mass is 16.5. The van der Waals surface area contributed by atoms with Crippen molar-refractivity contribution >= 4 is 11.9 Å². The third kappa shape index (κ3) is 2.49. The molecule has 1 aliphatic carbocycles. The Hall–Kier alpha value is -1.06. The molecule has 1 rings (SSSR count). The molecule has 1 aliphatic rings. The van der Waals surface area contributed by atoms with Gasteiger partial charge < -0.3 is 9.84 Å². The first kappa shape index (κ1) is 12.0. The minimum Gasteiger partial charge on any atom is -0.481 e. The first-order valence-electron chi connectivity index (χ1n) is 5.40. The molecule has 0 bridgehead atoms. The number of hydrogen-bond acceptors (Lipinski definition) is 3. The molecule has 0 radical (unpaired) electrons. The average Bonchev–Trinajstić information content (AvgIpc) is 2.52. The van der Waals surface area contributed by atoms with Crippen molar-refractivity contribution in [3.05, 3.63) is 0 Å². The zero-order valence-electron chi connectivity index (χ0n) is 9.28. The van der Waals surface area contributed by atoms with Gasteiger partial charge in [0.2, 0.25) is 0 Å². The Morgan fingerprint density at radius 1 is 1.40 bits per heavy atom. The van der Waals surface area contributed by atoms with Crippen molar-refractivity contribution in [3.63, 3.8) is 0 Å². The molecule has 86 valence electrons. The van der Waals surface area contributed by atoms with Crippen LogP contribution in [-0.4, -0.2) is 23.7 Å². The van der Waals surface area contributed by atoms with Crippen LogP contribution in [0.1, 0.15) is 39.5 Å². The van der Waals surface area contributed by atoms with Crippen LogP contribution < -0.4 is 0 Å². The van der Waals surface area contributed by atoms with Gasteiger partial charge in [-0.1, -0.05) is 19.8 Å². The SMILES string of the molecule is CCOC(=O)C(C(=O)O)C1(C)CCCC1. The summed E-state index contributed by atoms with van der Waals surface area (Å²) in [7, 11) is 0. The molecule has 4 heteroatoms. The molecular formula is C11H18O4. The molecule has 1 atom stereocenters. The molecule has 1 unspecified atom stereocenters. The number of esters is 1. The molecule has 0 aromatic carbocycles. The van der Waals surface area contributed by atoms with Crippen molar-refractivity contribution in [1.29, 1.82) is 0 Å². The molecule has 0 heterocycles. The van der Waals surface area contributed by atoms with Crippen molar-refractivity contribution in [1.82, 2.24) is 0 Å². The Labute approximate surface area is 89.6 Å². The normalized spacial score (nSPS) is 20.9. The Kier molecular flexibility index (Phi) is 3.72. The van der Waals surface area contributed by atoms with Gasteiger partial charge in [-0.25, -0.2) is 0 Å². The van der Waals surface area contributed by atoms with E-state index in [2.05, 4.69) is 0 Å². The van der Waals surface area contributed by atoms with Crippen molar-refractivity contribution in [2.75, 3.05) is 6.61 Å². The first-order valence-corrected chi connectivity index (χ1v) is 5.40. The van der Waals surface area contributed by atoms with Crippen LogP contribution >= 0.6 is 0 Å². The fourth-order valence-electron chi connectivity index (χ4n) is 2.38. The summed E-state index contributed by atoms with van der Waals surface area (Å²) in [5, 5.41) is 9.10. The lowest BCUT2D eigenvalue weighted by molar-refractivity contribution is -0.164. The molecule has 1 N–H and O–H groups in total. The van der Waals surface area contributed by atoms with Gasteiger partial charge >= 0.3 is 11.9 Å². The van der Waals surface area contributed by atoms with Gasteiger partial charge in [0, 0.05) is 0 Å². The molecule has 4 nitrogen and oxygen atoms in total. The van der Waals surface area contributed by atoms with Crippen molar-refractivity contribution in [2.24, 2.45) is 11.3 Å². The first-order chi connectivity index (χ1) is 7.01.